The minimum atomic E-state index is -0.923. The van der Waals surface area contributed by atoms with Gasteiger partial charge in [0, 0.05) is 13.0 Å². The summed E-state index contributed by atoms with van der Waals surface area (Å²) in [4.78, 5) is 36.9. The standard InChI is InChI=1S/C18H22N2O5/c21-16-10-12(19-17(22)14-6-7-15(14)18(23)24)11-20(16)8-9-25-13-4-2-1-3-5-13/h1-5,12,14-15H,6-11H2,(H,19,22)(H,23,24)/t12-,14+,15+/m0/s1. The maximum absolute atomic E-state index is 12.2. The van der Waals surface area contributed by atoms with Crippen LogP contribution in [0.3, 0.4) is 0 Å². The number of carbonyl (C=O) groups excluding carboxylic acids is 2. The zero-order valence-corrected chi connectivity index (χ0v) is 13.9. The number of carboxylic acid groups (broad SMARTS) is 1. The number of aliphatic carboxylic acids is 1. The summed E-state index contributed by atoms with van der Waals surface area (Å²) in [5.74, 6) is -1.50. The second-order valence-corrected chi connectivity index (χ2v) is 6.54. The molecule has 0 radical (unpaired) electrons. The highest BCUT2D eigenvalue weighted by atomic mass is 16.5. The molecule has 7 heteroatoms. The second kappa shape index (κ2) is 7.55. The number of benzene rings is 1. The molecule has 1 heterocycles. The molecule has 2 N–H and O–H groups in total. The Labute approximate surface area is 146 Å². The van der Waals surface area contributed by atoms with E-state index in [-0.39, 0.29) is 24.3 Å². The Kier molecular flexibility index (Phi) is 5.21. The molecular weight excluding hydrogens is 324 g/mol. The van der Waals surface area contributed by atoms with Crippen LogP contribution >= 0.6 is 0 Å². The predicted molar refractivity (Wildman–Crippen MR) is 88.9 cm³/mol. The lowest BCUT2D eigenvalue weighted by Gasteiger charge is -2.32. The van der Waals surface area contributed by atoms with Gasteiger partial charge < -0.3 is 20.1 Å². The number of carbonyl (C=O) groups is 3. The summed E-state index contributed by atoms with van der Waals surface area (Å²) in [7, 11) is 0. The lowest BCUT2D eigenvalue weighted by atomic mass is 9.73. The maximum Gasteiger partial charge on any atom is 0.307 e. The van der Waals surface area contributed by atoms with Crippen molar-refractivity contribution in [3.63, 3.8) is 0 Å². The molecule has 1 saturated carbocycles. The molecular formula is C18H22N2O5. The highest BCUT2D eigenvalue weighted by Gasteiger charge is 2.42. The number of rotatable bonds is 7. The molecule has 1 aromatic rings. The molecule has 3 rings (SSSR count). The normalized spacial score (nSPS) is 25.4. The first-order chi connectivity index (χ1) is 12.0. The third-order valence-electron chi connectivity index (χ3n) is 4.86. The summed E-state index contributed by atoms with van der Waals surface area (Å²) in [6.45, 7) is 1.29. The van der Waals surface area contributed by atoms with Gasteiger partial charge in [0.25, 0.3) is 0 Å². The van der Waals surface area contributed by atoms with Crippen molar-refractivity contribution in [1.29, 1.82) is 0 Å². The predicted octanol–water partition coefficient (Wildman–Crippen LogP) is 0.893. The van der Waals surface area contributed by atoms with Crippen molar-refractivity contribution in [2.24, 2.45) is 11.8 Å². The molecule has 1 saturated heterocycles. The first kappa shape index (κ1) is 17.3. The second-order valence-electron chi connectivity index (χ2n) is 6.54. The number of nitrogens with one attached hydrogen (secondary N) is 1. The molecule has 7 nitrogen and oxygen atoms in total. The Morgan fingerprint density at radius 2 is 1.92 bits per heavy atom. The van der Waals surface area contributed by atoms with Gasteiger partial charge in [0.15, 0.2) is 0 Å². The zero-order chi connectivity index (χ0) is 17.8. The van der Waals surface area contributed by atoms with E-state index < -0.39 is 17.8 Å². The van der Waals surface area contributed by atoms with Gasteiger partial charge in [-0.15, -0.1) is 0 Å². The van der Waals surface area contributed by atoms with Crippen LogP contribution in [0, 0.1) is 11.8 Å². The zero-order valence-electron chi connectivity index (χ0n) is 13.9. The van der Waals surface area contributed by atoms with Gasteiger partial charge in [-0.3, -0.25) is 14.4 Å². The molecule has 1 aliphatic heterocycles. The summed E-state index contributed by atoms with van der Waals surface area (Å²) in [5.41, 5.74) is 0. The summed E-state index contributed by atoms with van der Waals surface area (Å²) in [5, 5.41) is 11.9. The maximum atomic E-state index is 12.2. The van der Waals surface area contributed by atoms with Crippen molar-refractivity contribution < 1.29 is 24.2 Å². The van der Waals surface area contributed by atoms with Crippen LogP contribution in [0.25, 0.3) is 0 Å². The lowest BCUT2D eigenvalue weighted by Crippen LogP contribution is -2.48. The Morgan fingerprint density at radius 3 is 2.56 bits per heavy atom. The molecule has 2 aliphatic rings. The van der Waals surface area contributed by atoms with E-state index in [1.54, 1.807) is 4.90 Å². The van der Waals surface area contributed by atoms with E-state index in [0.29, 0.717) is 32.5 Å². The third-order valence-corrected chi connectivity index (χ3v) is 4.86. The number of nitrogens with zero attached hydrogens (tertiary/aromatic N) is 1. The number of para-hydroxylation sites is 1. The monoisotopic (exact) mass is 346 g/mol. The fourth-order valence-corrected chi connectivity index (χ4v) is 3.29. The van der Waals surface area contributed by atoms with E-state index >= 15 is 0 Å². The van der Waals surface area contributed by atoms with Crippen molar-refractivity contribution in [3.8, 4) is 5.75 Å². The van der Waals surface area contributed by atoms with E-state index in [4.69, 9.17) is 9.84 Å². The topological polar surface area (TPSA) is 95.9 Å². The van der Waals surface area contributed by atoms with E-state index in [1.807, 2.05) is 30.3 Å². The minimum absolute atomic E-state index is 0.0228. The van der Waals surface area contributed by atoms with Crippen molar-refractivity contribution >= 4 is 17.8 Å². The van der Waals surface area contributed by atoms with Crippen molar-refractivity contribution in [2.45, 2.75) is 25.3 Å². The van der Waals surface area contributed by atoms with Crippen molar-refractivity contribution in [3.05, 3.63) is 30.3 Å². The summed E-state index contributed by atoms with van der Waals surface area (Å²) in [6, 6.07) is 9.12. The average Bonchev–Trinajstić information content (AvgIpc) is 2.86. The molecule has 2 fully saturated rings. The fraction of sp³-hybridized carbons (Fsp3) is 0.500. The van der Waals surface area contributed by atoms with Crippen LogP contribution in [-0.4, -0.2) is 53.5 Å². The van der Waals surface area contributed by atoms with Crippen LogP contribution in [0.1, 0.15) is 19.3 Å². The molecule has 0 aromatic heterocycles. The summed E-state index contributed by atoms with van der Waals surface area (Å²) < 4.78 is 5.59. The molecule has 25 heavy (non-hydrogen) atoms. The molecule has 0 unspecified atom stereocenters. The number of ether oxygens (including phenoxy) is 1. The largest absolute Gasteiger partial charge is 0.492 e. The molecule has 3 atom stereocenters. The fourth-order valence-electron chi connectivity index (χ4n) is 3.29. The van der Waals surface area contributed by atoms with Gasteiger partial charge in [-0.05, 0) is 25.0 Å². The number of hydrogen-bond acceptors (Lipinski definition) is 4. The van der Waals surface area contributed by atoms with Crippen LogP contribution in [0.2, 0.25) is 0 Å². The van der Waals surface area contributed by atoms with Gasteiger partial charge in [0.2, 0.25) is 11.8 Å². The molecule has 0 bridgehead atoms. The Balaban J connectivity index is 1.43. The van der Waals surface area contributed by atoms with Crippen molar-refractivity contribution in [1.82, 2.24) is 10.2 Å². The summed E-state index contributed by atoms with van der Waals surface area (Å²) in [6.07, 6.45) is 1.39. The lowest BCUT2D eigenvalue weighted by molar-refractivity contribution is -0.152. The van der Waals surface area contributed by atoms with E-state index in [1.165, 1.54) is 0 Å². The average molecular weight is 346 g/mol. The van der Waals surface area contributed by atoms with Crippen molar-refractivity contribution in [2.75, 3.05) is 19.7 Å². The quantitative estimate of drug-likeness (QED) is 0.764. The van der Waals surface area contributed by atoms with Gasteiger partial charge in [0.1, 0.15) is 12.4 Å². The van der Waals surface area contributed by atoms with E-state index in [9.17, 15) is 14.4 Å². The SMILES string of the molecule is O=C(O)[C@@H]1CC[C@H]1C(=O)N[C@H]1CC(=O)N(CCOc2ccccc2)C1. The highest BCUT2D eigenvalue weighted by molar-refractivity contribution is 5.87. The Morgan fingerprint density at radius 1 is 1.20 bits per heavy atom. The molecule has 134 valence electrons. The third kappa shape index (κ3) is 4.10. The summed E-state index contributed by atoms with van der Waals surface area (Å²) >= 11 is 0. The van der Waals surface area contributed by atoms with E-state index in [0.717, 1.165) is 5.75 Å². The van der Waals surface area contributed by atoms with Crippen LogP contribution in [0.4, 0.5) is 0 Å². The van der Waals surface area contributed by atoms with Gasteiger partial charge in [-0.25, -0.2) is 0 Å². The highest BCUT2D eigenvalue weighted by Crippen LogP contribution is 2.34. The smallest absolute Gasteiger partial charge is 0.307 e. The molecule has 1 aromatic carbocycles. The van der Waals surface area contributed by atoms with Gasteiger partial charge in [-0.2, -0.15) is 0 Å². The van der Waals surface area contributed by atoms with Crippen LogP contribution in [0.15, 0.2) is 30.3 Å². The van der Waals surface area contributed by atoms with E-state index in [2.05, 4.69) is 5.32 Å². The van der Waals surface area contributed by atoms with Gasteiger partial charge >= 0.3 is 5.97 Å². The molecule has 1 aliphatic carbocycles. The molecule has 0 spiro atoms. The number of amides is 2. The first-order valence-electron chi connectivity index (χ1n) is 8.53. The van der Waals surface area contributed by atoms with Gasteiger partial charge in [-0.1, -0.05) is 18.2 Å². The van der Waals surface area contributed by atoms with Crippen LogP contribution < -0.4 is 10.1 Å². The molecule has 2 amide bonds. The minimum Gasteiger partial charge on any atom is -0.492 e. The number of likely N-dealkylation sites (tertiary alicyclic amines) is 1. The number of hydrogen-bond donors (Lipinski definition) is 2. The number of carboxylic acids is 1. The van der Waals surface area contributed by atoms with Crippen LogP contribution in [-0.2, 0) is 14.4 Å². The Bertz CT molecular complexity index is 648. The first-order valence-corrected chi connectivity index (χ1v) is 8.53. The Hall–Kier alpha value is -2.57. The van der Waals surface area contributed by atoms with Gasteiger partial charge in [0.05, 0.1) is 24.4 Å². The van der Waals surface area contributed by atoms with Crippen LogP contribution in [0.5, 0.6) is 5.75 Å².